The molecule has 0 aromatic carbocycles. The van der Waals surface area contributed by atoms with Gasteiger partial charge >= 0.3 is 0 Å². The molecule has 3 atom stereocenters. The smallest absolute Gasteiger partial charge is 0.231 e. The maximum Gasteiger partial charge on any atom is 0.231 e. The second kappa shape index (κ2) is 4.15. The van der Waals surface area contributed by atoms with Gasteiger partial charge in [0.1, 0.15) is 0 Å². The van der Waals surface area contributed by atoms with Crippen LogP contribution in [0.2, 0.25) is 0 Å². The van der Waals surface area contributed by atoms with Crippen molar-refractivity contribution in [3.05, 3.63) is 0 Å². The van der Waals surface area contributed by atoms with Crippen molar-refractivity contribution in [2.45, 2.75) is 19.4 Å². The summed E-state index contributed by atoms with van der Waals surface area (Å²) < 4.78 is 21.6. The van der Waals surface area contributed by atoms with Crippen LogP contribution in [0.15, 0.2) is 0 Å². The molecule has 0 radical (unpaired) electrons. The van der Waals surface area contributed by atoms with Crippen molar-refractivity contribution in [3.63, 3.8) is 0 Å². The summed E-state index contributed by atoms with van der Waals surface area (Å²) in [4.78, 5) is 0. The first-order valence-corrected chi connectivity index (χ1v) is 4.88. The zero-order chi connectivity index (χ0) is 8.27. The molecule has 1 aliphatic rings. The van der Waals surface area contributed by atoms with Gasteiger partial charge < -0.3 is 5.32 Å². The maximum absolute atomic E-state index is 10.4. The molecule has 1 aliphatic heterocycles. The van der Waals surface area contributed by atoms with E-state index in [1.165, 1.54) is 0 Å². The van der Waals surface area contributed by atoms with Crippen molar-refractivity contribution in [2.75, 3.05) is 13.1 Å². The first-order valence-electron chi connectivity index (χ1n) is 3.78. The largest absolute Gasteiger partial charge is 0.316 e. The lowest BCUT2D eigenvalue weighted by Crippen LogP contribution is -2.46. The summed E-state index contributed by atoms with van der Waals surface area (Å²) in [5.41, 5.74) is 0. The zero-order valence-electron chi connectivity index (χ0n) is 6.54. The predicted octanol–water partition coefficient (Wildman–Crippen LogP) is -0.289. The van der Waals surface area contributed by atoms with Crippen LogP contribution in [0, 0.1) is 5.92 Å². The van der Waals surface area contributed by atoms with Gasteiger partial charge in [-0.2, -0.15) is 0 Å². The van der Waals surface area contributed by atoms with Crippen LogP contribution < -0.4 is 10.0 Å². The Morgan fingerprint density at radius 3 is 3.00 bits per heavy atom. The molecule has 1 saturated heterocycles. The summed E-state index contributed by atoms with van der Waals surface area (Å²) in [7, 11) is 0. The molecule has 0 saturated carbocycles. The summed E-state index contributed by atoms with van der Waals surface area (Å²) in [6.45, 7) is 3.92. The molecule has 0 aliphatic carbocycles. The first-order chi connectivity index (χ1) is 5.20. The molecule has 5 heteroatoms. The average Bonchev–Trinajstić information content (AvgIpc) is 1.93. The number of nitrogens with one attached hydrogen (secondary N) is 2. The van der Waals surface area contributed by atoms with E-state index < -0.39 is 11.3 Å². The molecule has 11 heavy (non-hydrogen) atoms. The molecule has 1 heterocycles. The molecule has 0 bridgehead atoms. The van der Waals surface area contributed by atoms with Crippen molar-refractivity contribution in [2.24, 2.45) is 5.92 Å². The van der Waals surface area contributed by atoms with Crippen molar-refractivity contribution in [1.82, 2.24) is 10.0 Å². The number of hydrogen-bond donors (Lipinski definition) is 3. The van der Waals surface area contributed by atoms with Gasteiger partial charge in [0, 0.05) is 6.04 Å². The van der Waals surface area contributed by atoms with Crippen LogP contribution >= 0.6 is 0 Å². The quantitative estimate of drug-likeness (QED) is 0.509. The Labute approximate surface area is 69.2 Å². The molecule has 4 nitrogen and oxygen atoms in total. The highest BCUT2D eigenvalue weighted by Gasteiger charge is 2.21. The van der Waals surface area contributed by atoms with Crippen molar-refractivity contribution < 1.29 is 8.76 Å². The molecule has 1 fully saturated rings. The van der Waals surface area contributed by atoms with E-state index in [2.05, 4.69) is 17.0 Å². The topological polar surface area (TPSA) is 61.4 Å². The number of hydrogen-bond acceptors (Lipinski definition) is 2. The molecule has 1 rings (SSSR count). The zero-order valence-corrected chi connectivity index (χ0v) is 7.36. The van der Waals surface area contributed by atoms with Gasteiger partial charge in [-0.05, 0) is 25.4 Å². The highest BCUT2D eigenvalue weighted by Crippen LogP contribution is 2.09. The summed E-state index contributed by atoms with van der Waals surface area (Å²) in [6.07, 6.45) is 0.924. The fourth-order valence-corrected chi connectivity index (χ4v) is 1.93. The van der Waals surface area contributed by atoms with Crippen LogP contribution in [0.4, 0.5) is 0 Å². The molecule has 3 N–H and O–H groups in total. The fourth-order valence-electron chi connectivity index (χ4n) is 1.32. The van der Waals surface area contributed by atoms with E-state index in [1.807, 2.05) is 0 Å². The predicted molar refractivity (Wildman–Crippen MR) is 44.3 cm³/mol. The van der Waals surface area contributed by atoms with Gasteiger partial charge in [0.15, 0.2) is 0 Å². The Hall–Kier alpha value is 0.0300. The Bertz CT molecular complexity index is 154. The summed E-state index contributed by atoms with van der Waals surface area (Å²) in [6, 6.07) is 0.182. The third kappa shape index (κ3) is 2.86. The summed E-state index contributed by atoms with van der Waals surface area (Å²) in [5, 5.41) is 3.22. The van der Waals surface area contributed by atoms with Crippen molar-refractivity contribution in [3.8, 4) is 0 Å². The Morgan fingerprint density at radius 1 is 1.73 bits per heavy atom. The molecule has 0 amide bonds. The molecular weight excluding hydrogens is 164 g/mol. The molecule has 3 unspecified atom stereocenters. The molecular formula is C6H14N2O2S. The Kier molecular flexibility index (Phi) is 3.45. The normalized spacial score (nSPS) is 35.1. The van der Waals surface area contributed by atoms with E-state index in [-0.39, 0.29) is 6.04 Å². The highest BCUT2D eigenvalue weighted by molar-refractivity contribution is 7.77. The fraction of sp³-hybridized carbons (Fsp3) is 1.00. The second-order valence-electron chi connectivity index (χ2n) is 2.94. The van der Waals surface area contributed by atoms with Crippen LogP contribution in [0.25, 0.3) is 0 Å². The lowest BCUT2D eigenvalue weighted by atomic mass is 9.97. The molecule has 0 aromatic rings. The minimum Gasteiger partial charge on any atom is -0.316 e. The minimum absolute atomic E-state index is 0.182. The van der Waals surface area contributed by atoms with Crippen LogP contribution in [-0.2, 0) is 11.3 Å². The van der Waals surface area contributed by atoms with Crippen LogP contribution in [0.5, 0.6) is 0 Å². The SMILES string of the molecule is CC1CNCCC1NS(=O)O. The second-order valence-corrected chi connectivity index (χ2v) is 3.68. The van der Waals surface area contributed by atoms with E-state index in [9.17, 15) is 4.21 Å². The molecule has 0 spiro atoms. The average molecular weight is 178 g/mol. The minimum atomic E-state index is -1.86. The van der Waals surface area contributed by atoms with Crippen LogP contribution in [0.1, 0.15) is 13.3 Å². The van der Waals surface area contributed by atoms with E-state index in [0.29, 0.717) is 5.92 Å². The van der Waals surface area contributed by atoms with Gasteiger partial charge in [-0.25, -0.2) is 8.93 Å². The van der Waals surface area contributed by atoms with Gasteiger partial charge in [-0.3, -0.25) is 4.55 Å². The Morgan fingerprint density at radius 2 is 2.45 bits per heavy atom. The summed E-state index contributed by atoms with van der Waals surface area (Å²) >= 11 is -1.86. The lowest BCUT2D eigenvalue weighted by molar-refractivity contribution is 0.326. The molecule has 66 valence electrons. The van der Waals surface area contributed by atoms with Gasteiger partial charge in [-0.1, -0.05) is 6.92 Å². The van der Waals surface area contributed by atoms with Gasteiger partial charge in [-0.15, -0.1) is 0 Å². The van der Waals surface area contributed by atoms with E-state index in [4.69, 9.17) is 4.55 Å². The van der Waals surface area contributed by atoms with Gasteiger partial charge in [0.25, 0.3) is 0 Å². The summed E-state index contributed by atoms with van der Waals surface area (Å²) in [5.74, 6) is 0.430. The Balaban J connectivity index is 2.35. The molecule has 0 aromatic heterocycles. The first kappa shape index (κ1) is 9.12. The van der Waals surface area contributed by atoms with Crippen LogP contribution in [0.3, 0.4) is 0 Å². The third-order valence-corrected chi connectivity index (χ3v) is 2.54. The van der Waals surface area contributed by atoms with E-state index >= 15 is 0 Å². The van der Waals surface area contributed by atoms with E-state index in [1.54, 1.807) is 0 Å². The lowest BCUT2D eigenvalue weighted by Gasteiger charge is -2.28. The van der Waals surface area contributed by atoms with Gasteiger partial charge in [0.05, 0.1) is 0 Å². The third-order valence-electron chi connectivity index (χ3n) is 2.04. The standard InChI is InChI=1S/C6H14N2O2S/c1-5-4-7-3-2-6(5)8-11(9)10/h5-8H,2-4H2,1H3,(H,9,10). The number of piperidine rings is 1. The maximum atomic E-state index is 10.4. The van der Waals surface area contributed by atoms with E-state index in [0.717, 1.165) is 19.5 Å². The highest BCUT2D eigenvalue weighted by atomic mass is 32.2. The van der Waals surface area contributed by atoms with Gasteiger partial charge in [0.2, 0.25) is 11.3 Å². The van der Waals surface area contributed by atoms with Crippen molar-refractivity contribution in [1.29, 1.82) is 0 Å². The monoisotopic (exact) mass is 178 g/mol. The van der Waals surface area contributed by atoms with Crippen LogP contribution in [-0.4, -0.2) is 27.9 Å². The number of rotatable bonds is 2. The van der Waals surface area contributed by atoms with Crippen molar-refractivity contribution >= 4 is 11.3 Å².